The van der Waals surface area contributed by atoms with Gasteiger partial charge in [0.1, 0.15) is 0 Å². The third kappa shape index (κ3) is 4.85. The third-order valence-corrected chi connectivity index (χ3v) is 12.5. The van der Waals surface area contributed by atoms with Gasteiger partial charge in [-0.2, -0.15) is 0 Å². The average molecular weight is 605 g/mol. The van der Waals surface area contributed by atoms with Crippen LogP contribution in [-0.2, 0) is 4.74 Å². The Morgan fingerprint density at radius 3 is 2.24 bits per heavy atom. The van der Waals surface area contributed by atoms with Crippen molar-refractivity contribution >= 4 is 5.69 Å². The molecule has 3 aliphatic carbocycles. The lowest BCUT2D eigenvalue weighted by molar-refractivity contribution is -0.177. The van der Waals surface area contributed by atoms with Crippen molar-refractivity contribution in [3.63, 3.8) is 0 Å². The summed E-state index contributed by atoms with van der Waals surface area (Å²) in [5, 5.41) is 0. The number of ether oxygens (including phenoxy) is 1. The monoisotopic (exact) mass is 604 g/mol. The van der Waals surface area contributed by atoms with E-state index in [-0.39, 0.29) is 0 Å². The number of rotatable bonds is 4. The van der Waals surface area contributed by atoms with E-state index in [2.05, 4.69) is 82.5 Å². The average Bonchev–Trinajstić information content (AvgIpc) is 3.47. The molecule has 46 heavy (non-hydrogen) atoms. The highest BCUT2D eigenvalue weighted by Gasteiger charge is 2.59. The molecule has 0 aromatic heterocycles. The highest BCUT2D eigenvalue weighted by molar-refractivity contribution is 5.85. The van der Waals surface area contributed by atoms with Crippen molar-refractivity contribution in [2.75, 3.05) is 0 Å². The molecule has 232 valence electrons. The zero-order chi connectivity index (χ0) is 30.6. The molecule has 8 unspecified atom stereocenters. The fourth-order valence-corrected chi connectivity index (χ4v) is 10.5. The number of hydrogen-bond acceptors (Lipinski definition) is 2. The molecule has 3 nitrogen and oxygen atoms in total. The molecule has 0 radical (unpaired) electrons. The van der Waals surface area contributed by atoms with E-state index in [1.54, 1.807) is 0 Å². The van der Waals surface area contributed by atoms with Crippen molar-refractivity contribution < 1.29 is 4.74 Å². The standard InChI is InChI=1S/C43H44N2O/c1-44-38-27-33(28-10-3-2-4-11-28)20-22-35(38)34-15-8-14-31(25-34)29-12-7-13-30(24-29)32-21-23-39-37(26-32)36-16-9-19-42-43(36)45(39)40-17-5-6-18-41(40)46-42/h2-4,7-8,10-15,20,22,24-25,27,32,36-37,39-43H,5-6,9,16-19,21,23,26H2. The molecule has 0 N–H and O–H groups in total. The number of morpholine rings is 1. The van der Waals surface area contributed by atoms with E-state index < -0.39 is 0 Å². The zero-order valence-corrected chi connectivity index (χ0v) is 26.7. The van der Waals surface area contributed by atoms with Crippen LogP contribution in [0.1, 0.15) is 75.7 Å². The molecular weight excluding hydrogens is 560 g/mol. The van der Waals surface area contributed by atoms with Gasteiger partial charge in [0.2, 0.25) is 0 Å². The van der Waals surface area contributed by atoms with E-state index in [1.807, 2.05) is 24.3 Å². The SMILES string of the molecule is [C-]#[N+]c1cc(-c2ccccc2)ccc1-c1cccc(-c2cccc(C3CCC4C(C3)C3CCCC5OC6CCCCC6N4C53)c2)c1. The summed E-state index contributed by atoms with van der Waals surface area (Å²) >= 11 is 0. The van der Waals surface area contributed by atoms with Crippen LogP contribution in [0, 0.1) is 18.4 Å². The summed E-state index contributed by atoms with van der Waals surface area (Å²) in [6.45, 7) is 7.96. The lowest BCUT2D eigenvalue weighted by Gasteiger charge is -2.53. The molecule has 2 heterocycles. The summed E-state index contributed by atoms with van der Waals surface area (Å²) in [6.07, 6.45) is 14.3. The minimum atomic E-state index is 0.482. The molecule has 2 saturated heterocycles. The molecule has 0 spiro atoms. The Bertz CT molecular complexity index is 1770. The molecule has 3 heteroatoms. The molecule has 2 aliphatic heterocycles. The summed E-state index contributed by atoms with van der Waals surface area (Å²) < 4.78 is 6.88. The van der Waals surface area contributed by atoms with Crippen LogP contribution in [0.25, 0.3) is 38.2 Å². The molecule has 4 aromatic carbocycles. The van der Waals surface area contributed by atoms with E-state index in [9.17, 15) is 0 Å². The molecule has 5 aliphatic rings. The van der Waals surface area contributed by atoms with Crippen molar-refractivity contribution in [1.29, 1.82) is 0 Å². The molecule has 4 aromatic rings. The summed E-state index contributed by atoms with van der Waals surface area (Å²) in [5.41, 5.74) is 9.05. The van der Waals surface area contributed by atoms with E-state index in [0.29, 0.717) is 35.9 Å². The Balaban J connectivity index is 0.978. The molecule has 3 saturated carbocycles. The predicted molar refractivity (Wildman–Crippen MR) is 187 cm³/mol. The molecule has 8 atom stereocenters. The summed E-state index contributed by atoms with van der Waals surface area (Å²) in [4.78, 5) is 7.02. The van der Waals surface area contributed by atoms with Gasteiger partial charge < -0.3 is 4.74 Å². The Morgan fingerprint density at radius 1 is 0.587 bits per heavy atom. The molecule has 0 bridgehead atoms. The second-order valence-electron chi connectivity index (χ2n) is 14.8. The first-order chi connectivity index (χ1) is 22.7. The van der Waals surface area contributed by atoms with E-state index >= 15 is 0 Å². The third-order valence-electron chi connectivity index (χ3n) is 12.5. The van der Waals surface area contributed by atoms with E-state index in [1.165, 1.54) is 80.9 Å². The lowest BCUT2D eigenvalue weighted by Crippen LogP contribution is -2.63. The van der Waals surface area contributed by atoms with Crippen LogP contribution in [0.4, 0.5) is 5.69 Å². The highest BCUT2D eigenvalue weighted by atomic mass is 16.5. The van der Waals surface area contributed by atoms with Gasteiger partial charge in [-0.25, -0.2) is 4.85 Å². The number of fused-ring (bicyclic) bond motifs is 5. The number of nitrogens with zero attached hydrogens (tertiary/aromatic N) is 2. The predicted octanol–water partition coefficient (Wildman–Crippen LogP) is 10.7. The van der Waals surface area contributed by atoms with Gasteiger partial charge in [-0.3, -0.25) is 4.90 Å². The van der Waals surface area contributed by atoms with Gasteiger partial charge in [-0.1, -0.05) is 104 Å². The van der Waals surface area contributed by atoms with Gasteiger partial charge >= 0.3 is 0 Å². The van der Waals surface area contributed by atoms with Crippen molar-refractivity contribution in [1.82, 2.24) is 4.90 Å². The van der Waals surface area contributed by atoms with Crippen LogP contribution >= 0.6 is 0 Å². The van der Waals surface area contributed by atoms with Crippen molar-refractivity contribution in [2.45, 2.75) is 100 Å². The second kappa shape index (κ2) is 11.8. The minimum Gasteiger partial charge on any atom is -0.372 e. The molecule has 9 rings (SSSR count). The maximum Gasteiger partial charge on any atom is 0.195 e. The smallest absolute Gasteiger partial charge is 0.195 e. The van der Waals surface area contributed by atoms with E-state index in [4.69, 9.17) is 11.3 Å². The van der Waals surface area contributed by atoms with Gasteiger partial charge in [-0.15, -0.1) is 0 Å². The first-order valence-electron chi connectivity index (χ1n) is 18.0. The Hall–Kier alpha value is -3.71. The van der Waals surface area contributed by atoms with Gasteiger partial charge in [0, 0.05) is 18.1 Å². The Labute approximate surface area is 274 Å². The fraction of sp³-hybridized carbons (Fsp3) is 0.419. The van der Waals surface area contributed by atoms with Gasteiger partial charge in [-0.05, 0) is 114 Å². The number of benzene rings is 4. The summed E-state index contributed by atoms with van der Waals surface area (Å²) in [7, 11) is 0. The fourth-order valence-electron chi connectivity index (χ4n) is 10.5. The van der Waals surface area contributed by atoms with Crippen molar-refractivity contribution in [2.24, 2.45) is 11.8 Å². The maximum absolute atomic E-state index is 7.96. The first kappa shape index (κ1) is 28.5. The molecule has 5 fully saturated rings. The van der Waals surface area contributed by atoms with Gasteiger partial charge in [0.05, 0.1) is 18.8 Å². The van der Waals surface area contributed by atoms with Crippen LogP contribution < -0.4 is 0 Å². The van der Waals surface area contributed by atoms with Crippen LogP contribution in [0.2, 0.25) is 0 Å². The topological polar surface area (TPSA) is 16.8 Å². The highest BCUT2D eigenvalue weighted by Crippen LogP contribution is 2.56. The van der Waals surface area contributed by atoms with Crippen LogP contribution in [0.5, 0.6) is 0 Å². The Kier molecular flexibility index (Phi) is 7.33. The van der Waals surface area contributed by atoms with Crippen LogP contribution in [0.15, 0.2) is 97.1 Å². The summed E-state index contributed by atoms with van der Waals surface area (Å²) in [6, 6.07) is 37.0. The zero-order valence-electron chi connectivity index (χ0n) is 26.7. The minimum absolute atomic E-state index is 0.482. The quantitative estimate of drug-likeness (QED) is 0.216. The van der Waals surface area contributed by atoms with Crippen molar-refractivity contribution in [3.05, 3.63) is 114 Å². The van der Waals surface area contributed by atoms with Crippen LogP contribution in [0.3, 0.4) is 0 Å². The second-order valence-corrected chi connectivity index (χ2v) is 14.8. The lowest BCUT2D eigenvalue weighted by atomic mass is 9.68. The molecule has 0 amide bonds. The number of hydrogen-bond donors (Lipinski definition) is 0. The van der Waals surface area contributed by atoms with Gasteiger partial charge in [0.15, 0.2) is 5.69 Å². The normalized spacial score (nSPS) is 31.7. The Morgan fingerprint density at radius 2 is 1.35 bits per heavy atom. The van der Waals surface area contributed by atoms with Gasteiger partial charge in [0.25, 0.3) is 0 Å². The summed E-state index contributed by atoms with van der Waals surface area (Å²) in [5.74, 6) is 2.27. The maximum atomic E-state index is 7.96. The van der Waals surface area contributed by atoms with E-state index in [0.717, 1.165) is 40.1 Å². The molecular formula is C43H44N2O. The largest absolute Gasteiger partial charge is 0.372 e. The first-order valence-corrected chi connectivity index (χ1v) is 18.0. The van der Waals surface area contributed by atoms with Crippen molar-refractivity contribution in [3.8, 4) is 33.4 Å². The van der Waals surface area contributed by atoms with Crippen LogP contribution in [-0.4, -0.2) is 35.2 Å².